The molecule has 0 saturated carbocycles. The van der Waals surface area contributed by atoms with Crippen LogP contribution in [0.1, 0.15) is 11.6 Å². The van der Waals surface area contributed by atoms with E-state index in [0.717, 1.165) is 31.9 Å². The summed E-state index contributed by atoms with van der Waals surface area (Å²) in [6, 6.07) is 9.85. The molecule has 1 heterocycles. The van der Waals surface area contributed by atoms with Crippen molar-refractivity contribution in [2.24, 2.45) is 5.73 Å². The molecule has 0 amide bonds. The van der Waals surface area contributed by atoms with Crippen molar-refractivity contribution in [3.05, 3.63) is 35.9 Å². The molecule has 1 aliphatic rings. The largest absolute Gasteiger partial charge is 0.386 e. The Kier molecular flexibility index (Phi) is 3.54. The van der Waals surface area contributed by atoms with E-state index in [0.29, 0.717) is 0 Å². The molecule has 1 aromatic rings. The van der Waals surface area contributed by atoms with Crippen LogP contribution in [0.5, 0.6) is 0 Å². The van der Waals surface area contributed by atoms with Gasteiger partial charge in [-0.3, -0.25) is 10.3 Å². The van der Waals surface area contributed by atoms with Crippen LogP contribution in [0.25, 0.3) is 0 Å². The molecule has 0 spiro atoms. The zero-order valence-corrected chi connectivity index (χ0v) is 9.23. The lowest BCUT2D eigenvalue weighted by Gasteiger charge is -2.33. The Labute approximate surface area is 95.5 Å². The van der Waals surface area contributed by atoms with E-state index in [1.165, 1.54) is 0 Å². The van der Waals surface area contributed by atoms with Gasteiger partial charge >= 0.3 is 0 Å². The Balaban J connectivity index is 2.20. The summed E-state index contributed by atoms with van der Waals surface area (Å²) in [5.41, 5.74) is 6.78. The van der Waals surface area contributed by atoms with Crippen LogP contribution in [-0.4, -0.2) is 37.0 Å². The van der Waals surface area contributed by atoms with Crippen LogP contribution in [0, 0.1) is 5.41 Å². The van der Waals surface area contributed by atoms with Crippen molar-refractivity contribution in [2.45, 2.75) is 6.04 Å². The summed E-state index contributed by atoms with van der Waals surface area (Å²) in [6.07, 6.45) is 0. The first-order chi connectivity index (χ1) is 7.79. The van der Waals surface area contributed by atoms with E-state index in [-0.39, 0.29) is 11.9 Å². The van der Waals surface area contributed by atoms with E-state index < -0.39 is 0 Å². The van der Waals surface area contributed by atoms with E-state index in [1.54, 1.807) is 0 Å². The lowest BCUT2D eigenvalue weighted by molar-refractivity contribution is 0.0284. The molecule has 0 aliphatic carbocycles. The van der Waals surface area contributed by atoms with E-state index >= 15 is 0 Å². The first-order valence-electron chi connectivity index (χ1n) is 5.49. The minimum atomic E-state index is -0.106. The number of nitrogens with zero attached hydrogens (tertiary/aromatic N) is 1. The molecule has 1 fully saturated rings. The number of ether oxygens (including phenoxy) is 1. The third-order valence-electron chi connectivity index (χ3n) is 2.82. The lowest BCUT2D eigenvalue weighted by Crippen LogP contribution is -2.44. The van der Waals surface area contributed by atoms with Gasteiger partial charge in [-0.25, -0.2) is 0 Å². The maximum absolute atomic E-state index is 7.72. The van der Waals surface area contributed by atoms with E-state index in [2.05, 4.69) is 4.90 Å². The second-order valence-electron chi connectivity index (χ2n) is 3.92. The number of nitrogens with one attached hydrogen (secondary N) is 1. The predicted octanol–water partition coefficient (Wildman–Crippen LogP) is 0.996. The van der Waals surface area contributed by atoms with Gasteiger partial charge in [0.25, 0.3) is 0 Å². The Bertz CT molecular complexity index is 347. The predicted molar refractivity (Wildman–Crippen MR) is 63.5 cm³/mol. The number of nitrogens with two attached hydrogens (primary N) is 1. The number of morpholine rings is 1. The van der Waals surface area contributed by atoms with Gasteiger partial charge < -0.3 is 10.5 Å². The number of amidine groups is 1. The van der Waals surface area contributed by atoms with Crippen molar-refractivity contribution in [2.75, 3.05) is 26.3 Å². The SMILES string of the molecule is N=C(N)[C@@H](c1ccccc1)N1CCOCC1. The van der Waals surface area contributed by atoms with Gasteiger partial charge in [-0.15, -0.1) is 0 Å². The van der Waals surface area contributed by atoms with Crippen LogP contribution >= 0.6 is 0 Å². The molecule has 0 unspecified atom stereocenters. The van der Waals surface area contributed by atoms with Gasteiger partial charge in [0.1, 0.15) is 5.84 Å². The molecule has 0 bridgehead atoms. The molecule has 86 valence electrons. The van der Waals surface area contributed by atoms with Crippen molar-refractivity contribution in [3.8, 4) is 0 Å². The summed E-state index contributed by atoms with van der Waals surface area (Å²) < 4.78 is 5.31. The molecule has 1 aliphatic heterocycles. The summed E-state index contributed by atoms with van der Waals surface area (Å²) in [4.78, 5) is 2.20. The quantitative estimate of drug-likeness (QED) is 0.589. The van der Waals surface area contributed by atoms with Gasteiger partial charge in [-0.2, -0.15) is 0 Å². The van der Waals surface area contributed by atoms with Gasteiger partial charge in [0.05, 0.1) is 19.3 Å². The van der Waals surface area contributed by atoms with Crippen LogP contribution in [0.2, 0.25) is 0 Å². The summed E-state index contributed by atoms with van der Waals surface area (Å²) in [7, 11) is 0. The summed E-state index contributed by atoms with van der Waals surface area (Å²) in [5, 5.41) is 7.72. The van der Waals surface area contributed by atoms with Crippen LogP contribution in [0.15, 0.2) is 30.3 Å². The Morgan fingerprint density at radius 3 is 2.44 bits per heavy atom. The number of hydrogen-bond acceptors (Lipinski definition) is 3. The van der Waals surface area contributed by atoms with Gasteiger partial charge in [-0.1, -0.05) is 30.3 Å². The molecular weight excluding hydrogens is 202 g/mol. The highest BCUT2D eigenvalue weighted by Crippen LogP contribution is 2.21. The van der Waals surface area contributed by atoms with Crippen LogP contribution in [0.3, 0.4) is 0 Å². The van der Waals surface area contributed by atoms with Gasteiger partial charge in [0.2, 0.25) is 0 Å². The average Bonchev–Trinajstić information content (AvgIpc) is 2.31. The average molecular weight is 219 g/mol. The third kappa shape index (κ3) is 2.40. The second kappa shape index (κ2) is 5.09. The molecular formula is C12H17N3O. The monoisotopic (exact) mass is 219 g/mol. The van der Waals surface area contributed by atoms with Crippen LogP contribution in [-0.2, 0) is 4.74 Å². The minimum Gasteiger partial charge on any atom is -0.386 e. The molecule has 0 radical (unpaired) electrons. The van der Waals surface area contributed by atoms with Crippen molar-refractivity contribution in [1.82, 2.24) is 4.90 Å². The summed E-state index contributed by atoms with van der Waals surface area (Å²) in [5.74, 6) is 0.202. The van der Waals surface area contributed by atoms with Gasteiger partial charge in [0.15, 0.2) is 0 Å². The molecule has 4 heteroatoms. The van der Waals surface area contributed by atoms with Crippen LogP contribution in [0.4, 0.5) is 0 Å². The fourth-order valence-corrected chi connectivity index (χ4v) is 2.06. The molecule has 2 rings (SSSR count). The summed E-state index contributed by atoms with van der Waals surface area (Å²) in [6.45, 7) is 3.10. The zero-order chi connectivity index (χ0) is 11.4. The fraction of sp³-hybridized carbons (Fsp3) is 0.417. The molecule has 1 saturated heterocycles. The zero-order valence-electron chi connectivity index (χ0n) is 9.23. The highest BCUT2D eigenvalue weighted by atomic mass is 16.5. The minimum absolute atomic E-state index is 0.106. The highest BCUT2D eigenvalue weighted by molar-refractivity contribution is 5.84. The normalized spacial score (nSPS) is 19.2. The first kappa shape index (κ1) is 11.1. The molecule has 16 heavy (non-hydrogen) atoms. The highest BCUT2D eigenvalue weighted by Gasteiger charge is 2.24. The van der Waals surface area contributed by atoms with Crippen molar-refractivity contribution in [1.29, 1.82) is 5.41 Å². The Morgan fingerprint density at radius 2 is 1.88 bits per heavy atom. The number of benzene rings is 1. The second-order valence-corrected chi connectivity index (χ2v) is 3.92. The number of hydrogen-bond donors (Lipinski definition) is 2. The molecule has 1 atom stereocenters. The maximum Gasteiger partial charge on any atom is 0.113 e. The molecule has 0 aromatic heterocycles. The maximum atomic E-state index is 7.72. The number of rotatable bonds is 3. The van der Waals surface area contributed by atoms with E-state index in [1.807, 2.05) is 30.3 Å². The molecule has 4 nitrogen and oxygen atoms in total. The standard InChI is InChI=1S/C12H17N3O/c13-12(14)11(10-4-2-1-3-5-10)15-6-8-16-9-7-15/h1-5,11H,6-9H2,(H3,13,14)/t11-/m1/s1. The van der Waals surface area contributed by atoms with Crippen molar-refractivity contribution < 1.29 is 4.74 Å². The Morgan fingerprint density at radius 1 is 1.25 bits per heavy atom. The fourth-order valence-electron chi connectivity index (χ4n) is 2.06. The summed E-state index contributed by atoms with van der Waals surface area (Å²) >= 11 is 0. The van der Waals surface area contributed by atoms with E-state index in [9.17, 15) is 0 Å². The first-order valence-corrected chi connectivity index (χ1v) is 5.49. The third-order valence-corrected chi connectivity index (χ3v) is 2.82. The topological polar surface area (TPSA) is 62.3 Å². The lowest BCUT2D eigenvalue weighted by atomic mass is 10.0. The van der Waals surface area contributed by atoms with Crippen molar-refractivity contribution in [3.63, 3.8) is 0 Å². The van der Waals surface area contributed by atoms with Gasteiger partial charge in [-0.05, 0) is 5.56 Å². The van der Waals surface area contributed by atoms with Gasteiger partial charge in [0, 0.05) is 13.1 Å². The molecule has 3 N–H and O–H groups in total. The molecule has 1 aromatic carbocycles. The van der Waals surface area contributed by atoms with Crippen LogP contribution < -0.4 is 5.73 Å². The Hall–Kier alpha value is -1.39. The smallest absolute Gasteiger partial charge is 0.113 e. The van der Waals surface area contributed by atoms with E-state index in [4.69, 9.17) is 15.9 Å². The van der Waals surface area contributed by atoms with Crippen molar-refractivity contribution >= 4 is 5.84 Å².